The zero-order chi connectivity index (χ0) is 25.2. The van der Waals surface area contributed by atoms with Crippen molar-refractivity contribution in [3.63, 3.8) is 0 Å². The van der Waals surface area contributed by atoms with E-state index in [-0.39, 0.29) is 5.76 Å². The van der Waals surface area contributed by atoms with Crippen LogP contribution in [0.3, 0.4) is 0 Å². The molecular formula is C27H16BrCl2IN2O3. The Morgan fingerprint density at radius 1 is 1.03 bits per heavy atom. The average Bonchev–Trinajstić information content (AvgIpc) is 3.28. The van der Waals surface area contributed by atoms with Crippen LogP contribution >= 0.6 is 61.7 Å². The molecule has 0 fully saturated rings. The molecule has 1 N–H and O–H groups in total. The lowest BCUT2D eigenvalue weighted by Crippen LogP contribution is -2.16. The van der Waals surface area contributed by atoms with Gasteiger partial charge in [-0.2, -0.15) is 5.10 Å². The summed E-state index contributed by atoms with van der Waals surface area (Å²) in [7, 11) is 0. The minimum Gasteiger partial charge on any atom is -0.486 e. The third kappa shape index (κ3) is 5.39. The molecule has 0 atom stereocenters. The van der Waals surface area contributed by atoms with E-state index in [2.05, 4.69) is 67.2 Å². The summed E-state index contributed by atoms with van der Waals surface area (Å²) in [6, 6.07) is 23.0. The summed E-state index contributed by atoms with van der Waals surface area (Å²) in [6.45, 7) is 0.317. The van der Waals surface area contributed by atoms with Crippen LogP contribution in [0.15, 0.2) is 86.8 Å². The van der Waals surface area contributed by atoms with Crippen molar-refractivity contribution in [3.8, 4) is 5.75 Å². The van der Waals surface area contributed by atoms with Gasteiger partial charge in [0, 0.05) is 9.86 Å². The molecule has 180 valence electrons. The minimum atomic E-state index is -0.471. The molecule has 0 spiro atoms. The number of halogens is 4. The number of furan rings is 1. The second-order valence-electron chi connectivity index (χ2n) is 7.86. The van der Waals surface area contributed by atoms with Gasteiger partial charge in [0.05, 0.1) is 19.8 Å². The van der Waals surface area contributed by atoms with Gasteiger partial charge in [-0.3, -0.25) is 4.79 Å². The SMILES string of the molecule is O=C(N/N=C\c1cc(Cl)c(OCc2cccc3ccccc23)c(Cl)c1)c1cc2cc(Br)cc(I)c2o1. The van der Waals surface area contributed by atoms with Crippen LogP contribution < -0.4 is 10.2 Å². The molecule has 0 aliphatic heterocycles. The zero-order valence-electron chi connectivity index (χ0n) is 18.4. The molecule has 5 rings (SSSR count). The van der Waals surface area contributed by atoms with E-state index >= 15 is 0 Å². The molecule has 9 heteroatoms. The van der Waals surface area contributed by atoms with Crippen molar-refractivity contribution in [3.05, 3.63) is 108 Å². The van der Waals surface area contributed by atoms with Gasteiger partial charge in [-0.05, 0) is 74.8 Å². The van der Waals surface area contributed by atoms with Crippen LogP contribution in [0.5, 0.6) is 5.75 Å². The maximum absolute atomic E-state index is 12.5. The Morgan fingerprint density at radius 2 is 1.78 bits per heavy atom. The van der Waals surface area contributed by atoms with Gasteiger partial charge < -0.3 is 9.15 Å². The number of rotatable bonds is 6. The predicted molar refractivity (Wildman–Crippen MR) is 156 cm³/mol. The highest BCUT2D eigenvalue weighted by atomic mass is 127. The molecule has 0 radical (unpaired) electrons. The number of hydrogen-bond donors (Lipinski definition) is 1. The first-order chi connectivity index (χ1) is 17.4. The van der Waals surface area contributed by atoms with E-state index in [1.54, 1.807) is 18.2 Å². The molecule has 0 unspecified atom stereocenters. The summed E-state index contributed by atoms with van der Waals surface area (Å²) in [6.07, 6.45) is 1.45. The Labute approximate surface area is 238 Å². The normalized spacial score (nSPS) is 11.4. The van der Waals surface area contributed by atoms with Crippen molar-refractivity contribution >= 4 is 95.6 Å². The molecule has 1 amide bonds. The highest BCUT2D eigenvalue weighted by Gasteiger charge is 2.15. The maximum Gasteiger partial charge on any atom is 0.307 e. The number of carbonyl (C=O) groups excluding carboxylic acids is 1. The summed E-state index contributed by atoms with van der Waals surface area (Å²) in [5, 5.41) is 7.76. The Balaban J connectivity index is 1.27. The lowest BCUT2D eigenvalue weighted by molar-refractivity contribution is 0.0929. The molecule has 0 aliphatic rings. The average molecular weight is 694 g/mol. The summed E-state index contributed by atoms with van der Waals surface area (Å²) in [4.78, 5) is 12.5. The molecule has 4 aromatic carbocycles. The first kappa shape index (κ1) is 25.1. The number of benzene rings is 4. The van der Waals surface area contributed by atoms with Gasteiger partial charge in [0.25, 0.3) is 0 Å². The Kier molecular flexibility index (Phi) is 7.52. The third-order valence-corrected chi connectivity index (χ3v) is 7.23. The van der Waals surface area contributed by atoms with Gasteiger partial charge in [0.15, 0.2) is 11.5 Å². The number of hydrazone groups is 1. The van der Waals surface area contributed by atoms with E-state index < -0.39 is 5.91 Å². The highest BCUT2D eigenvalue weighted by molar-refractivity contribution is 14.1. The number of carbonyl (C=O) groups is 1. The number of nitrogens with zero attached hydrogens (tertiary/aromatic N) is 1. The standard InChI is InChI=1S/C27H16BrCl2IN2O3/c28-19-10-18-11-24(36-25(18)23(31)12-19)27(34)33-32-13-15-8-21(29)26(22(30)9-15)35-14-17-6-3-5-16-4-1-2-7-20(16)17/h1-13H,14H2,(H,33,34)/b32-13-. The summed E-state index contributed by atoms with van der Waals surface area (Å²) in [5.41, 5.74) is 4.74. The Bertz CT molecular complexity index is 1620. The largest absolute Gasteiger partial charge is 0.486 e. The van der Waals surface area contributed by atoms with Crippen LogP contribution in [0, 0.1) is 3.57 Å². The maximum atomic E-state index is 12.5. The van der Waals surface area contributed by atoms with Crippen LogP contribution in [0.4, 0.5) is 0 Å². The van der Waals surface area contributed by atoms with Gasteiger partial charge in [-0.25, -0.2) is 5.43 Å². The van der Waals surface area contributed by atoms with Crippen molar-refractivity contribution in [1.29, 1.82) is 0 Å². The van der Waals surface area contributed by atoms with E-state index in [0.717, 1.165) is 29.8 Å². The van der Waals surface area contributed by atoms with E-state index in [1.807, 2.05) is 36.4 Å². The Hall–Kier alpha value is -2.59. The zero-order valence-corrected chi connectivity index (χ0v) is 23.7. The smallest absolute Gasteiger partial charge is 0.307 e. The fourth-order valence-electron chi connectivity index (χ4n) is 3.77. The predicted octanol–water partition coefficient (Wildman–Crippen LogP) is 8.60. The van der Waals surface area contributed by atoms with Crippen LogP contribution in [0.25, 0.3) is 21.7 Å². The quantitative estimate of drug-likeness (QED) is 0.110. The molecule has 5 aromatic rings. The minimum absolute atomic E-state index is 0.159. The molecule has 1 aromatic heterocycles. The molecular weight excluding hydrogens is 678 g/mol. The second kappa shape index (κ2) is 10.8. The first-order valence-corrected chi connectivity index (χ1v) is 13.3. The van der Waals surface area contributed by atoms with E-state index in [1.165, 1.54) is 6.21 Å². The van der Waals surface area contributed by atoms with Crippen LogP contribution in [0.2, 0.25) is 10.0 Å². The lowest BCUT2D eigenvalue weighted by Gasteiger charge is -2.12. The molecule has 0 saturated heterocycles. The molecule has 5 nitrogen and oxygen atoms in total. The highest BCUT2D eigenvalue weighted by Crippen LogP contribution is 2.35. The van der Waals surface area contributed by atoms with Crippen molar-refractivity contribution in [1.82, 2.24) is 5.43 Å². The molecule has 0 aliphatic carbocycles. The molecule has 0 bridgehead atoms. The number of ether oxygens (including phenoxy) is 1. The van der Waals surface area contributed by atoms with Crippen LogP contribution in [-0.4, -0.2) is 12.1 Å². The van der Waals surface area contributed by atoms with Crippen molar-refractivity contribution in [2.45, 2.75) is 6.61 Å². The van der Waals surface area contributed by atoms with Gasteiger partial charge in [-0.15, -0.1) is 0 Å². The topological polar surface area (TPSA) is 63.8 Å². The number of nitrogens with one attached hydrogen (secondary N) is 1. The lowest BCUT2D eigenvalue weighted by atomic mass is 10.1. The number of amides is 1. The van der Waals surface area contributed by atoms with E-state index in [9.17, 15) is 4.79 Å². The first-order valence-electron chi connectivity index (χ1n) is 10.7. The molecule has 0 saturated carbocycles. The van der Waals surface area contributed by atoms with Crippen LogP contribution in [0.1, 0.15) is 21.7 Å². The van der Waals surface area contributed by atoms with Crippen molar-refractivity contribution in [2.75, 3.05) is 0 Å². The third-order valence-electron chi connectivity index (χ3n) is 5.41. The number of hydrogen-bond acceptors (Lipinski definition) is 4. The van der Waals surface area contributed by atoms with E-state index in [0.29, 0.717) is 33.5 Å². The summed E-state index contributed by atoms with van der Waals surface area (Å²) < 4.78 is 13.5. The number of fused-ring (bicyclic) bond motifs is 2. The fraction of sp³-hybridized carbons (Fsp3) is 0.0370. The summed E-state index contributed by atoms with van der Waals surface area (Å²) in [5.74, 6) is 0.0727. The summed E-state index contributed by atoms with van der Waals surface area (Å²) >= 11 is 18.5. The Morgan fingerprint density at radius 3 is 2.58 bits per heavy atom. The molecule has 1 heterocycles. The van der Waals surface area contributed by atoms with Gasteiger partial charge in [-0.1, -0.05) is 81.6 Å². The van der Waals surface area contributed by atoms with Crippen molar-refractivity contribution in [2.24, 2.45) is 5.10 Å². The second-order valence-corrected chi connectivity index (χ2v) is 10.7. The monoisotopic (exact) mass is 692 g/mol. The van der Waals surface area contributed by atoms with Gasteiger partial charge >= 0.3 is 5.91 Å². The van der Waals surface area contributed by atoms with E-state index in [4.69, 9.17) is 32.4 Å². The van der Waals surface area contributed by atoms with Gasteiger partial charge in [0.1, 0.15) is 12.2 Å². The molecule has 36 heavy (non-hydrogen) atoms. The fourth-order valence-corrected chi connectivity index (χ4v) is 6.04. The van der Waals surface area contributed by atoms with Crippen LogP contribution in [-0.2, 0) is 6.61 Å². The van der Waals surface area contributed by atoms with Crippen molar-refractivity contribution < 1.29 is 13.9 Å². The van der Waals surface area contributed by atoms with Gasteiger partial charge in [0.2, 0.25) is 0 Å².